The number of amides is 1. The Balaban J connectivity index is 3.46. The van der Waals surface area contributed by atoms with Gasteiger partial charge >= 0.3 is 0 Å². The van der Waals surface area contributed by atoms with E-state index in [1.54, 1.807) is 7.05 Å². The van der Waals surface area contributed by atoms with Gasteiger partial charge in [0, 0.05) is 7.05 Å². The summed E-state index contributed by atoms with van der Waals surface area (Å²) < 4.78 is 0. The van der Waals surface area contributed by atoms with Crippen LogP contribution in [0.25, 0.3) is 0 Å². The Labute approximate surface area is 54.2 Å². The number of alkyl halides is 1. The molecular formula is C5H10ClNO. The predicted molar refractivity (Wildman–Crippen MR) is 34.0 cm³/mol. The van der Waals surface area contributed by atoms with E-state index in [0.29, 0.717) is 6.42 Å². The molecule has 1 atom stereocenters. The van der Waals surface area contributed by atoms with Crippen LogP contribution in [-0.4, -0.2) is 18.3 Å². The van der Waals surface area contributed by atoms with Crippen molar-refractivity contribution in [1.29, 1.82) is 0 Å². The molecule has 0 aromatic rings. The third kappa shape index (κ3) is 2.17. The van der Waals surface area contributed by atoms with Crippen molar-refractivity contribution < 1.29 is 4.79 Å². The Kier molecular flexibility index (Phi) is 3.61. The molecule has 0 radical (unpaired) electrons. The van der Waals surface area contributed by atoms with E-state index in [2.05, 4.69) is 5.32 Å². The fourth-order valence-corrected chi connectivity index (χ4v) is 0.451. The van der Waals surface area contributed by atoms with Gasteiger partial charge in [-0.05, 0) is 6.42 Å². The second-order valence-corrected chi connectivity index (χ2v) is 2.02. The average Bonchev–Trinajstić information content (AvgIpc) is 1.84. The second-order valence-electron chi connectivity index (χ2n) is 1.49. The van der Waals surface area contributed by atoms with Crippen LogP contribution in [0, 0.1) is 0 Å². The normalized spacial score (nSPS) is 12.9. The molecule has 3 heteroatoms. The SMILES string of the molecule is CCC(Cl)C(=O)NC. The van der Waals surface area contributed by atoms with Crippen LogP contribution in [0.15, 0.2) is 0 Å². The number of carbonyl (C=O) groups excluding carboxylic acids is 1. The molecule has 0 saturated heterocycles. The lowest BCUT2D eigenvalue weighted by atomic mass is 10.3. The Morgan fingerprint density at radius 3 is 2.50 bits per heavy atom. The Hall–Kier alpha value is -0.240. The first-order valence-electron chi connectivity index (χ1n) is 2.58. The summed E-state index contributed by atoms with van der Waals surface area (Å²) in [4.78, 5) is 10.5. The summed E-state index contributed by atoms with van der Waals surface area (Å²) in [5, 5.41) is 2.08. The molecule has 0 aromatic carbocycles. The zero-order valence-corrected chi connectivity index (χ0v) is 5.83. The maximum atomic E-state index is 10.5. The third-order valence-corrected chi connectivity index (χ3v) is 1.40. The molecule has 0 aliphatic heterocycles. The molecule has 0 spiro atoms. The van der Waals surface area contributed by atoms with Gasteiger partial charge in [0.1, 0.15) is 5.38 Å². The van der Waals surface area contributed by atoms with E-state index in [1.807, 2.05) is 6.92 Å². The van der Waals surface area contributed by atoms with Gasteiger partial charge in [-0.1, -0.05) is 6.92 Å². The Morgan fingerprint density at radius 2 is 2.38 bits per heavy atom. The average molecular weight is 136 g/mol. The van der Waals surface area contributed by atoms with E-state index in [1.165, 1.54) is 0 Å². The Morgan fingerprint density at radius 1 is 1.88 bits per heavy atom. The van der Waals surface area contributed by atoms with E-state index < -0.39 is 0 Å². The summed E-state index contributed by atoms with van der Waals surface area (Å²) in [7, 11) is 1.58. The quantitative estimate of drug-likeness (QED) is 0.557. The van der Waals surface area contributed by atoms with Gasteiger partial charge in [0.2, 0.25) is 5.91 Å². The third-order valence-electron chi connectivity index (χ3n) is 0.889. The van der Waals surface area contributed by atoms with Gasteiger partial charge in [0.25, 0.3) is 0 Å². The molecule has 0 aliphatic carbocycles. The largest absolute Gasteiger partial charge is 0.358 e. The van der Waals surface area contributed by atoms with Gasteiger partial charge in [-0.3, -0.25) is 4.79 Å². The summed E-state index contributed by atoms with van der Waals surface area (Å²) in [5.41, 5.74) is 0. The zero-order chi connectivity index (χ0) is 6.57. The molecule has 0 fully saturated rings. The molecule has 1 amide bonds. The lowest BCUT2D eigenvalue weighted by Gasteiger charge is -2.01. The highest BCUT2D eigenvalue weighted by Gasteiger charge is 2.08. The number of rotatable bonds is 2. The number of hydrogen-bond donors (Lipinski definition) is 1. The van der Waals surface area contributed by atoms with E-state index in [4.69, 9.17) is 11.6 Å². The molecule has 2 nitrogen and oxygen atoms in total. The number of nitrogens with one attached hydrogen (secondary N) is 1. The van der Waals surface area contributed by atoms with Crippen molar-refractivity contribution in [3.05, 3.63) is 0 Å². The fraction of sp³-hybridized carbons (Fsp3) is 0.800. The van der Waals surface area contributed by atoms with Crippen molar-refractivity contribution in [2.75, 3.05) is 7.05 Å². The van der Waals surface area contributed by atoms with Gasteiger partial charge in [-0.15, -0.1) is 11.6 Å². The first kappa shape index (κ1) is 7.76. The van der Waals surface area contributed by atoms with E-state index in [-0.39, 0.29) is 11.3 Å². The van der Waals surface area contributed by atoms with E-state index in [0.717, 1.165) is 0 Å². The standard InChI is InChI=1S/C5H10ClNO/c1-3-4(6)5(8)7-2/h4H,3H2,1-2H3,(H,7,8). The number of carbonyl (C=O) groups is 1. The number of halogens is 1. The van der Waals surface area contributed by atoms with Crippen molar-refractivity contribution in [1.82, 2.24) is 5.32 Å². The highest BCUT2D eigenvalue weighted by molar-refractivity contribution is 6.30. The van der Waals surface area contributed by atoms with Crippen molar-refractivity contribution in [3.63, 3.8) is 0 Å². The van der Waals surface area contributed by atoms with Gasteiger partial charge in [-0.2, -0.15) is 0 Å². The number of hydrogen-bond acceptors (Lipinski definition) is 1. The molecular weight excluding hydrogens is 126 g/mol. The second kappa shape index (κ2) is 3.72. The summed E-state index contributed by atoms with van der Waals surface area (Å²) in [6, 6.07) is 0. The maximum Gasteiger partial charge on any atom is 0.237 e. The lowest BCUT2D eigenvalue weighted by molar-refractivity contribution is -0.120. The van der Waals surface area contributed by atoms with Crippen molar-refractivity contribution in [3.8, 4) is 0 Å². The van der Waals surface area contributed by atoms with Crippen LogP contribution in [0.5, 0.6) is 0 Å². The molecule has 0 saturated carbocycles. The summed E-state index contributed by atoms with van der Waals surface area (Å²) >= 11 is 5.50. The molecule has 1 N–H and O–H groups in total. The monoisotopic (exact) mass is 135 g/mol. The van der Waals surface area contributed by atoms with E-state index in [9.17, 15) is 4.79 Å². The molecule has 0 rings (SSSR count). The van der Waals surface area contributed by atoms with Gasteiger partial charge in [-0.25, -0.2) is 0 Å². The highest BCUT2D eigenvalue weighted by atomic mass is 35.5. The lowest BCUT2D eigenvalue weighted by Crippen LogP contribution is -2.27. The van der Waals surface area contributed by atoms with Crippen LogP contribution in [0.1, 0.15) is 13.3 Å². The molecule has 48 valence electrons. The summed E-state index contributed by atoms with van der Waals surface area (Å²) in [6.45, 7) is 1.87. The zero-order valence-electron chi connectivity index (χ0n) is 5.07. The smallest absolute Gasteiger partial charge is 0.237 e. The van der Waals surface area contributed by atoms with Crippen LogP contribution >= 0.6 is 11.6 Å². The van der Waals surface area contributed by atoms with Crippen molar-refractivity contribution in [2.24, 2.45) is 0 Å². The first-order valence-corrected chi connectivity index (χ1v) is 3.01. The summed E-state index contributed by atoms with van der Waals surface area (Å²) in [6.07, 6.45) is 0.682. The van der Waals surface area contributed by atoms with Crippen LogP contribution in [-0.2, 0) is 4.79 Å². The topological polar surface area (TPSA) is 29.1 Å². The van der Waals surface area contributed by atoms with Crippen LogP contribution in [0.4, 0.5) is 0 Å². The minimum atomic E-state index is -0.361. The van der Waals surface area contributed by atoms with Crippen LogP contribution in [0.3, 0.4) is 0 Å². The maximum absolute atomic E-state index is 10.5. The molecule has 0 aromatic heterocycles. The van der Waals surface area contributed by atoms with Crippen molar-refractivity contribution >= 4 is 17.5 Å². The summed E-state index contributed by atoms with van der Waals surface area (Å²) in [5.74, 6) is -0.103. The minimum Gasteiger partial charge on any atom is -0.358 e. The molecule has 1 unspecified atom stereocenters. The fourth-order valence-electron chi connectivity index (χ4n) is 0.342. The molecule has 0 bridgehead atoms. The highest BCUT2D eigenvalue weighted by Crippen LogP contribution is 1.98. The Bertz CT molecular complexity index is 84.5. The van der Waals surface area contributed by atoms with Gasteiger partial charge in [0.05, 0.1) is 0 Å². The van der Waals surface area contributed by atoms with Crippen LogP contribution in [0.2, 0.25) is 0 Å². The van der Waals surface area contributed by atoms with Gasteiger partial charge in [0.15, 0.2) is 0 Å². The van der Waals surface area contributed by atoms with Gasteiger partial charge < -0.3 is 5.32 Å². The molecule has 0 heterocycles. The first-order chi connectivity index (χ1) is 3.72. The van der Waals surface area contributed by atoms with E-state index >= 15 is 0 Å². The van der Waals surface area contributed by atoms with Crippen LogP contribution < -0.4 is 5.32 Å². The minimum absolute atomic E-state index is 0.103. The predicted octanol–water partition coefficient (Wildman–Crippen LogP) is 0.750. The molecule has 8 heavy (non-hydrogen) atoms. The molecule has 0 aliphatic rings. The van der Waals surface area contributed by atoms with Crippen molar-refractivity contribution in [2.45, 2.75) is 18.7 Å².